The Bertz CT molecular complexity index is 293. The minimum absolute atomic E-state index is 0.0139. The van der Waals surface area contributed by atoms with E-state index in [1.807, 2.05) is 6.92 Å². The lowest BCUT2D eigenvalue weighted by Gasteiger charge is -2.20. The van der Waals surface area contributed by atoms with Crippen LogP contribution in [0.25, 0.3) is 0 Å². The van der Waals surface area contributed by atoms with Crippen molar-refractivity contribution in [1.29, 1.82) is 0 Å². The number of unbranched alkanes of at least 4 members (excludes halogenated alkanes) is 1. The van der Waals surface area contributed by atoms with E-state index >= 15 is 0 Å². The van der Waals surface area contributed by atoms with Crippen LogP contribution in [0.3, 0.4) is 0 Å². The lowest BCUT2D eigenvalue weighted by atomic mass is 9.96. The zero-order valence-electron chi connectivity index (χ0n) is 11.1. The highest BCUT2D eigenvalue weighted by molar-refractivity contribution is 5.80. The molecule has 1 rings (SSSR count). The van der Waals surface area contributed by atoms with E-state index in [9.17, 15) is 9.59 Å². The average molecular weight is 257 g/mol. The van der Waals surface area contributed by atoms with Crippen LogP contribution in [-0.2, 0) is 14.3 Å². The quantitative estimate of drug-likeness (QED) is 0.723. The molecular weight excluding hydrogens is 234 g/mol. The Morgan fingerprint density at radius 3 is 2.67 bits per heavy atom. The van der Waals surface area contributed by atoms with E-state index in [0.717, 1.165) is 25.7 Å². The smallest absolute Gasteiger partial charge is 0.311 e. The molecule has 1 aliphatic heterocycles. The number of carboxylic acid groups (broad SMARTS) is 1. The summed E-state index contributed by atoms with van der Waals surface area (Å²) in [4.78, 5) is 23.0. The van der Waals surface area contributed by atoms with Crippen molar-refractivity contribution in [2.45, 2.75) is 45.6 Å². The van der Waals surface area contributed by atoms with Crippen molar-refractivity contribution in [2.75, 3.05) is 13.2 Å². The van der Waals surface area contributed by atoms with Gasteiger partial charge in [0.1, 0.15) is 5.92 Å². The molecule has 5 nitrogen and oxygen atoms in total. The van der Waals surface area contributed by atoms with Gasteiger partial charge in [0.25, 0.3) is 0 Å². The van der Waals surface area contributed by atoms with Gasteiger partial charge in [0.05, 0.1) is 19.3 Å². The van der Waals surface area contributed by atoms with E-state index in [4.69, 9.17) is 9.84 Å². The Hall–Kier alpha value is -1.10. The highest BCUT2D eigenvalue weighted by atomic mass is 16.5. The number of amides is 1. The second-order valence-corrected chi connectivity index (χ2v) is 4.84. The molecule has 104 valence electrons. The monoisotopic (exact) mass is 257 g/mol. The van der Waals surface area contributed by atoms with Crippen LogP contribution in [0.1, 0.15) is 39.5 Å². The third-order valence-electron chi connectivity index (χ3n) is 3.50. The first kappa shape index (κ1) is 15.0. The summed E-state index contributed by atoms with van der Waals surface area (Å²) < 4.78 is 5.13. The highest BCUT2D eigenvalue weighted by Gasteiger charge is 2.35. The van der Waals surface area contributed by atoms with Gasteiger partial charge in [-0.2, -0.15) is 0 Å². The fourth-order valence-corrected chi connectivity index (χ4v) is 2.21. The van der Waals surface area contributed by atoms with Gasteiger partial charge < -0.3 is 15.2 Å². The number of carboxylic acids is 1. The molecule has 3 atom stereocenters. The Morgan fingerprint density at radius 2 is 2.11 bits per heavy atom. The molecule has 0 saturated carbocycles. The van der Waals surface area contributed by atoms with Crippen LogP contribution in [0.2, 0.25) is 0 Å². The maximum absolute atomic E-state index is 12.0. The Kier molecular flexibility index (Phi) is 6.12. The van der Waals surface area contributed by atoms with Crippen molar-refractivity contribution >= 4 is 11.9 Å². The molecule has 2 N–H and O–H groups in total. The Labute approximate surface area is 108 Å². The zero-order chi connectivity index (χ0) is 13.5. The molecule has 0 radical (unpaired) electrons. The lowest BCUT2D eigenvalue weighted by molar-refractivity contribution is -0.142. The number of nitrogens with one attached hydrogen (secondary N) is 1. The summed E-state index contributed by atoms with van der Waals surface area (Å²) in [5.74, 6) is -1.57. The van der Waals surface area contributed by atoms with Crippen LogP contribution >= 0.6 is 0 Å². The van der Waals surface area contributed by atoms with Crippen LogP contribution in [-0.4, -0.2) is 36.2 Å². The second-order valence-electron chi connectivity index (χ2n) is 4.84. The van der Waals surface area contributed by atoms with Gasteiger partial charge in [0.15, 0.2) is 0 Å². The van der Waals surface area contributed by atoms with Gasteiger partial charge in [0.2, 0.25) is 5.91 Å². The summed E-state index contributed by atoms with van der Waals surface area (Å²) in [6.07, 6.45) is 3.74. The summed E-state index contributed by atoms with van der Waals surface area (Å²) in [6, 6.07) is -0.384. The van der Waals surface area contributed by atoms with Gasteiger partial charge in [-0.25, -0.2) is 0 Å². The van der Waals surface area contributed by atoms with Crippen LogP contribution in [0.4, 0.5) is 0 Å². The molecule has 0 bridgehead atoms. The summed E-state index contributed by atoms with van der Waals surface area (Å²) in [6.45, 7) is 4.56. The molecule has 1 aliphatic rings. The first-order valence-electron chi connectivity index (χ1n) is 6.71. The van der Waals surface area contributed by atoms with Crippen molar-refractivity contribution in [3.8, 4) is 0 Å². The summed E-state index contributed by atoms with van der Waals surface area (Å²) >= 11 is 0. The number of carbonyl (C=O) groups is 2. The SMILES string of the molecule is CCCCC(CC)C(=O)NC1COCC1C(=O)O. The van der Waals surface area contributed by atoms with Crippen LogP contribution < -0.4 is 5.32 Å². The van der Waals surface area contributed by atoms with Crippen molar-refractivity contribution in [3.63, 3.8) is 0 Å². The standard InChI is InChI=1S/C13H23NO4/c1-3-5-6-9(4-2)12(15)14-11-8-18-7-10(11)13(16)17/h9-11H,3-8H2,1-2H3,(H,14,15)(H,16,17). The Morgan fingerprint density at radius 1 is 1.39 bits per heavy atom. The maximum Gasteiger partial charge on any atom is 0.311 e. The third-order valence-corrected chi connectivity index (χ3v) is 3.50. The van der Waals surface area contributed by atoms with Crippen LogP contribution in [0.15, 0.2) is 0 Å². The third kappa shape index (κ3) is 3.98. The van der Waals surface area contributed by atoms with Crippen LogP contribution in [0, 0.1) is 11.8 Å². The lowest BCUT2D eigenvalue weighted by Crippen LogP contribution is -2.45. The van der Waals surface area contributed by atoms with E-state index < -0.39 is 11.9 Å². The topological polar surface area (TPSA) is 75.6 Å². The largest absolute Gasteiger partial charge is 0.481 e. The fraction of sp³-hybridized carbons (Fsp3) is 0.846. The van der Waals surface area contributed by atoms with Gasteiger partial charge in [-0.05, 0) is 12.8 Å². The van der Waals surface area contributed by atoms with Gasteiger partial charge in [-0.3, -0.25) is 9.59 Å². The highest BCUT2D eigenvalue weighted by Crippen LogP contribution is 2.17. The van der Waals surface area contributed by atoms with Crippen molar-refractivity contribution in [3.05, 3.63) is 0 Å². The fourth-order valence-electron chi connectivity index (χ4n) is 2.21. The first-order valence-corrected chi connectivity index (χ1v) is 6.71. The van der Waals surface area contributed by atoms with Crippen molar-refractivity contribution < 1.29 is 19.4 Å². The molecule has 1 amide bonds. The molecule has 0 aromatic carbocycles. The van der Waals surface area contributed by atoms with Gasteiger partial charge in [-0.15, -0.1) is 0 Å². The number of hydrogen-bond acceptors (Lipinski definition) is 3. The number of carbonyl (C=O) groups excluding carboxylic acids is 1. The average Bonchev–Trinajstić information content (AvgIpc) is 2.78. The molecule has 0 aromatic heterocycles. The van der Waals surface area contributed by atoms with E-state index in [2.05, 4.69) is 12.2 Å². The predicted octanol–water partition coefficient (Wildman–Crippen LogP) is 1.42. The molecule has 3 unspecified atom stereocenters. The Balaban J connectivity index is 2.49. The van der Waals surface area contributed by atoms with E-state index in [1.165, 1.54) is 0 Å². The van der Waals surface area contributed by atoms with Gasteiger partial charge in [-0.1, -0.05) is 26.7 Å². The van der Waals surface area contributed by atoms with Gasteiger partial charge in [0, 0.05) is 5.92 Å². The molecule has 5 heteroatoms. The van der Waals surface area contributed by atoms with E-state index in [0.29, 0.717) is 6.61 Å². The van der Waals surface area contributed by atoms with Crippen molar-refractivity contribution in [2.24, 2.45) is 11.8 Å². The minimum Gasteiger partial charge on any atom is -0.481 e. The summed E-state index contributed by atoms with van der Waals surface area (Å²) in [5.41, 5.74) is 0. The van der Waals surface area contributed by atoms with Gasteiger partial charge >= 0.3 is 5.97 Å². The number of rotatable bonds is 7. The minimum atomic E-state index is -0.903. The number of ether oxygens (including phenoxy) is 1. The second kappa shape index (κ2) is 7.36. The van der Waals surface area contributed by atoms with E-state index in [1.54, 1.807) is 0 Å². The number of hydrogen-bond donors (Lipinski definition) is 2. The normalized spacial score (nSPS) is 24.8. The molecule has 1 saturated heterocycles. The molecule has 0 spiro atoms. The maximum atomic E-state index is 12.0. The van der Waals surface area contributed by atoms with Crippen molar-refractivity contribution in [1.82, 2.24) is 5.32 Å². The summed E-state index contributed by atoms with van der Waals surface area (Å²) in [7, 11) is 0. The zero-order valence-corrected chi connectivity index (χ0v) is 11.1. The molecule has 0 aliphatic carbocycles. The first-order chi connectivity index (χ1) is 8.60. The van der Waals surface area contributed by atoms with E-state index in [-0.39, 0.29) is 24.5 Å². The summed E-state index contributed by atoms with van der Waals surface area (Å²) in [5, 5.41) is 11.8. The molecular formula is C13H23NO4. The molecule has 0 aromatic rings. The predicted molar refractivity (Wildman–Crippen MR) is 67.2 cm³/mol. The number of aliphatic carboxylic acids is 1. The van der Waals surface area contributed by atoms with Crippen LogP contribution in [0.5, 0.6) is 0 Å². The molecule has 18 heavy (non-hydrogen) atoms. The molecule has 1 fully saturated rings. The molecule has 1 heterocycles.